The Balaban J connectivity index is 1.37. The summed E-state index contributed by atoms with van der Waals surface area (Å²) in [6.07, 6.45) is 2.27. The number of halogens is 2. The second-order valence-electron chi connectivity index (χ2n) is 6.17. The minimum Gasteiger partial charge on any atom is -0.309 e. The average Bonchev–Trinajstić information content (AvgIpc) is 3.27. The van der Waals surface area contributed by atoms with Crippen molar-refractivity contribution in [1.82, 2.24) is 19.7 Å². The van der Waals surface area contributed by atoms with Crippen molar-refractivity contribution >= 4 is 34.1 Å². The summed E-state index contributed by atoms with van der Waals surface area (Å²) >= 11 is 2.45. The summed E-state index contributed by atoms with van der Waals surface area (Å²) in [4.78, 5) is 16.3. The molecular weight excluding hydrogens is 392 g/mol. The predicted octanol–water partition coefficient (Wildman–Crippen LogP) is 3.83. The fourth-order valence-corrected chi connectivity index (χ4v) is 4.03. The lowest BCUT2D eigenvalue weighted by molar-refractivity contribution is -0.113. The van der Waals surface area contributed by atoms with Crippen LogP contribution in [0, 0.1) is 11.6 Å². The highest BCUT2D eigenvalue weighted by molar-refractivity contribution is 7.99. The van der Waals surface area contributed by atoms with E-state index in [-0.39, 0.29) is 22.9 Å². The van der Waals surface area contributed by atoms with Crippen LogP contribution in [0.2, 0.25) is 0 Å². The molecule has 0 radical (unpaired) electrons. The van der Waals surface area contributed by atoms with Crippen molar-refractivity contribution < 1.29 is 13.6 Å². The molecule has 1 aliphatic rings. The van der Waals surface area contributed by atoms with Crippen LogP contribution in [-0.2, 0) is 11.8 Å². The van der Waals surface area contributed by atoms with Gasteiger partial charge >= 0.3 is 0 Å². The van der Waals surface area contributed by atoms with Crippen LogP contribution in [0.3, 0.4) is 0 Å². The zero-order valence-corrected chi connectivity index (χ0v) is 15.9. The Morgan fingerprint density at radius 2 is 2.19 bits per heavy atom. The Morgan fingerprint density at radius 3 is 2.96 bits per heavy atom. The van der Waals surface area contributed by atoms with Crippen LogP contribution in [0.5, 0.6) is 0 Å². The van der Waals surface area contributed by atoms with Crippen molar-refractivity contribution in [3.63, 3.8) is 0 Å². The number of carbonyl (C=O) groups excluding carboxylic acids is 1. The molecule has 4 rings (SSSR count). The van der Waals surface area contributed by atoms with Crippen molar-refractivity contribution in [2.45, 2.75) is 23.9 Å². The number of carbonyl (C=O) groups is 1. The van der Waals surface area contributed by atoms with Gasteiger partial charge in [-0.2, -0.15) is 0 Å². The fraction of sp³-hybridized carbons (Fsp3) is 0.294. The molecule has 1 fully saturated rings. The summed E-state index contributed by atoms with van der Waals surface area (Å²) < 4.78 is 29.1. The summed E-state index contributed by atoms with van der Waals surface area (Å²) in [7, 11) is 1.90. The van der Waals surface area contributed by atoms with Crippen LogP contribution >= 0.6 is 23.1 Å². The molecule has 10 heteroatoms. The van der Waals surface area contributed by atoms with Gasteiger partial charge < -0.3 is 9.88 Å². The smallest absolute Gasteiger partial charge is 0.236 e. The summed E-state index contributed by atoms with van der Waals surface area (Å²) in [5.41, 5.74) is 0.343. The maximum Gasteiger partial charge on any atom is 0.236 e. The largest absolute Gasteiger partial charge is 0.309 e. The third kappa shape index (κ3) is 4.01. The molecule has 0 spiro atoms. The number of amides is 1. The van der Waals surface area contributed by atoms with Crippen LogP contribution in [-0.4, -0.2) is 31.4 Å². The Bertz CT molecular complexity index is 999. The molecular formula is C17H15F2N5OS2. The number of aromatic nitrogens is 4. The lowest BCUT2D eigenvalue weighted by atomic mass is 10.1. The van der Waals surface area contributed by atoms with Crippen LogP contribution in [0.1, 0.15) is 24.6 Å². The first-order valence-corrected chi connectivity index (χ1v) is 10.1. The molecule has 1 N–H and O–H groups in total. The molecule has 1 saturated carbocycles. The molecule has 0 bridgehead atoms. The van der Waals surface area contributed by atoms with E-state index in [2.05, 4.69) is 20.5 Å². The molecule has 0 atom stereocenters. The van der Waals surface area contributed by atoms with Gasteiger partial charge in [0.1, 0.15) is 17.5 Å². The van der Waals surface area contributed by atoms with Crippen molar-refractivity contribution in [3.8, 4) is 11.3 Å². The zero-order chi connectivity index (χ0) is 19.0. The highest BCUT2D eigenvalue weighted by Crippen LogP contribution is 2.39. The molecule has 2 heterocycles. The topological polar surface area (TPSA) is 72.7 Å². The van der Waals surface area contributed by atoms with Crippen LogP contribution in [0.25, 0.3) is 11.3 Å². The van der Waals surface area contributed by atoms with Crippen molar-refractivity contribution in [3.05, 3.63) is 41.0 Å². The maximum absolute atomic E-state index is 13.8. The number of benzene rings is 1. The van der Waals surface area contributed by atoms with Gasteiger partial charge in [-0.15, -0.1) is 21.5 Å². The maximum atomic E-state index is 13.8. The first-order valence-electron chi connectivity index (χ1n) is 8.24. The molecule has 6 nitrogen and oxygen atoms in total. The number of nitrogens with one attached hydrogen (secondary N) is 1. The summed E-state index contributed by atoms with van der Waals surface area (Å²) in [6.45, 7) is 0. The predicted molar refractivity (Wildman–Crippen MR) is 99.8 cm³/mol. The van der Waals surface area contributed by atoms with Gasteiger partial charge in [0.15, 0.2) is 10.3 Å². The van der Waals surface area contributed by atoms with Gasteiger partial charge in [0, 0.05) is 23.9 Å². The number of hydrogen-bond donors (Lipinski definition) is 1. The molecule has 1 amide bonds. The first kappa shape index (κ1) is 18.1. The summed E-state index contributed by atoms with van der Waals surface area (Å²) in [5.74, 6) is 0.234. The van der Waals surface area contributed by atoms with Crippen molar-refractivity contribution in [1.29, 1.82) is 0 Å². The van der Waals surface area contributed by atoms with Crippen molar-refractivity contribution in [2.75, 3.05) is 11.1 Å². The Morgan fingerprint density at radius 1 is 1.37 bits per heavy atom. The molecule has 1 aromatic carbocycles. The Labute approximate surface area is 162 Å². The van der Waals surface area contributed by atoms with Gasteiger partial charge in [-0.25, -0.2) is 13.8 Å². The van der Waals surface area contributed by atoms with E-state index < -0.39 is 11.6 Å². The lowest BCUT2D eigenvalue weighted by Gasteiger charge is -2.03. The Kier molecular flexibility index (Phi) is 4.92. The zero-order valence-electron chi connectivity index (χ0n) is 14.3. The van der Waals surface area contributed by atoms with Crippen LogP contribution in [0.4, 0.5) is 13.9 Å². The minimum absolute atomic E-state index is 0.0628. The van der Waals surface area contributed by atoms with Gasteiger partial charge in [-0.1, -0.05) is 11.8 Å². The van der Waals surface area contributed by atoms with E-state index >= 15 is 0 Å². The molecule has 27 heavy (non-hydrogen) atoms. The van der Waals surface area contributed by atoms with Gasteiger partial charge in [-0.3, -0.25) is 4.79 Å². The molecule has 140 valence electrons. The van der Waals surface area contributed by atoms with Gasteiger partial charge in [0.2, 0.25) is 5.91 Å². The van der Waals surface area contributed by atoms with E-state index in [1.165, 1.54) is 11.8 Å². The van der Waals surface area contributed by atoms with Crippen LogP contribution < -0.4 is 5.32 Å². The molecule has 3 aromatic rings. The second-order valence-corrected chi connectivity index (χ2v) is 7.97. The standard InChI is InChI=1S/C17H15F2N5OS2/c1-24-15(9-2-3-9)22-23-17(24)27-8-14(25)21-16-20-13(7-26-16)11-6-10(18)4-5-12(11)19/h4-7,9H,2-3,8H2,1H3,(H,20,21,25). The number of thiazole rings is 1. The lowest BCUT2D eigenvalue weighted by Crippen LogP contribution is -2.14. The molecule has 2 aromatic heterocycles. The molecule has 0 unspecified atom stereocenters. The van der Waals surface area contributed by atoms with E-state index in [4.69, 9.17) is 0 Å². The van der Waals surface area contributed by atoms with Crippen LogP contribution in [0.15, 0.2) is 28.7 Å². The SMILES string of the molecule is Cn1c(SCC(=O)Nc2nc(-c3cc(F)ccc3F)cs2)nnc1C1CC1. The average molecular weight is 407 g/mol. The summed E-state index contributed by atoms with van der Waals surface area (Å²) in [5, 5.41) is 13.6. The fourth-order valence-electron chi connectivity index (χ4n) is 2.58. The Hall–Kier alpha value is -2.33. The summed E-state index contributed by atoms with van der Waals surface area (Å²) in [6, 6.07) is 3.18. The molecule has 0 saturated heterocycles. The number of anilines is 1. The van der Waals surface area contributed by atoms with E-state index in [9.17, 15) is 13.6 Å². The number of nitrogens with zero attached hydrogens (tertiary/aromatic N) is 4. The third-order valence-corrected chi connectivity index (χ3v) is 5.88. The van der Waals surface area contributed by atoms with Gasteiger partial charge in [0.05, 0.1) is 11.4 Å². The van der Waals surface area contributed by atoms with E-state index in [1.54, 1.807) is 5.38 Å². The normalized spacial score (nSPS) is 13.7. The molecule has 1 aliphatic carbocycles. The third-order valence-electron chi connectivity index (χ3n) is 4.10. The van der Waals surface area contributed by atoms with Gasteiger partial charge in [0.25, 0.3) is 0 Å². The second kappa shape index (κ2) is 7.35. The first-order chi connectivity index (χ1) is 13.0. The van der Waals surface area contributed by atoms with Gasteiger partial charge in [-0.05, 0) is 31.0 Å². The monoisotopic (exact) mass is 407 g/mol. The van der Waals surface area contributed by atoms with E-state index in [0.717, 1.165) is 48.2 Å². The number of hydrogen-bond acceptors (Lipinski definition) is 6. The highest BCUT2D eigenvalue weighted by Gasteiger charge is 2.29. The molecule has 0 aliphatic heterocycles. The van der Waals surface area contributed by atoms with Crippen molar-refractivity contribution in [2.24, 2.45) is 7.05 Å². The highest BCUT2D eigenvalue weighted by atomic mass is 32.2. The minimum atomic E-state index is -0.566. The quantitative estimate of drug-likeness (QED) is 0.629. The number of rotatable bonds is 6. The van der Waals surface area contributed by atoms with E-state index in [0.29, 0.717) is 16.2 Å². The van der Waals surface area contributed by atoms with E-state index in [1.807, 2.05) is 11.6 Å². The number of thioether (sulfide) groups is 1.